The average molecular weight is 480 g/mol. The Hall–Kier alpha value is -3.14. The highest BCUT2D eigenvalue weighted by Gasteiger charge is 2.46. The molecule has 3 saturated heterocycles. The number of carbonyl (C=O) groups is 1. The van der Waals surface area contributed by atoms with Crippen LogP contribution < -0.4 is 15.1 Å². The maximum absolute atomic E-state index is 11.9. The molecule has 2 N–H and O–H groups in total. The normalized spacial score (nSPS) is 20.3. The Morgan fingerprint density at radius 3 is 2.40 bits per heavy atom. The number of nitrogens with zero attached hydrogens (tertiary/aromatic N) is 7. The number of H-pyrrole nitrogens is 1. The first-order chi connectivity index (χ1) is 16.8. The number of piperazine rings is 1. The van der Waals surface area contributed by atoms with E-state index in [0.29, 0.717) is 5.92 Å². The van der Waals surface area contributed by atoms with E-state index in [4.69, 9.17) is 9.97 Å². The van der Waals surface area contributed by atoms with Crippen molar-refractivity contribution in [3.05, 3.63) is 30.5 Å². The van der Waals surface area contributed by atoms with E-state index in [0.717, 1.165) is 94.3 Å². The molecular formula is C25H37N9O. The number of amides is 1. The van der Waals surface area contributed by atoms with Crippen LogP contribution in [0.1, 0.15) is 38.3 Å². The Morgan fingerprint density at radius 2 is 1.77 bits per heavy atom. The van der Waals surface area contributed by atoms with Crippen molar-refractivity contribution in [3.8, 4) is 0 Å². The zero-order valence-corrected chi connectivity index (χ0v) is 21.1. The van der Waals surface area contributed by atoms with E-state index in [1.165, 1.54) is 6.08 Å². The summed E-state index contributed by atoms with van der Waals surface area (Å²) in [5.74, 6) is 3.66. The predicted octanol–water partition coefficient (Wildman–Crippen LogP) is 2.43. The molecule has 0 radical (unpaired) electrons. The maximum Gasteiger partial charge on any atom is 0.245 e. The fourth-order valence-electron chi connectivity index (χ4n) is 5.20. The molecule has 1 spiro atoms. The van der Waals surface area contributed by atoms with Crippen LogP contribution in [0.4, 0.5) is 23.4 Å². The topological polar surface area (TPSA) is 96.5 Å². The molecule has 35 heavy (non-hydrogen) atoms. The zero-order valence-electron chi connectivity index (χ0n) is 21.1. The van der Waals surface area contributed by atoms with Crippen LogP contribution in [0.2, 0.25) is 0 Å². The van der Waals surface area contributed by atoms with Crippen molar-refractivity contribution in [2.45, 2.75) is 32.6 Å². The van der Waals surface area contributed by atoms with Crippen LogP contribution >= 0.6 is 0 Å². The smallest absolute Gasteiger partial charge is 0.245 e. The van der Waals surface area contributed by atoms with Gasteiger partial charge in [0.25, 0.3) is 0 Å². The van der Waals surface area contributed by atoms with E-state index in [1.807, 2.05) is 17.0 Å². The fourth-order valence-corrected chi connectivity index (χ4v) is 5.20. The first kappa shape index (κ1) is 23.6. The van der Waals surface area contributed by atoms with Crippen LogP contribution in [-0.2, 0) is 4.79 Å². The molecule has 5 heterocycles. The molecule has 0 unspecified atom stereocenters. The summed E-state index contributed by atoms with van der Waals surface area (Å²) in [6.45, 7) is 15.3. The quantitative estimate of drug-likeness (QED) is 0.610. The molecule has 0 atom stereocenters. The number of carbonyl (C=O) groups excluding carboxylic acids is 1. The Labute approximate surface area is 207 Å². The van der Waals surface area contributed by atoms with Crippen molar-refractivity contribution in [2.24, 2.45) is 5.41 Å². The first-order valence-electron chi connectivity index (χ1n) is 12.7. The van der Waals surface area contributed by atoms with Gasteiger partial charge in [-0.1, -0.05) is 20.4 Å². The molecule has 2 aromatic rings. The van der Waals surface area contributed by atoms with E-state index in [9.17, 15) is 4.79 Å². The summed E-state index contributed by atoms with van der Waals surface area (Å²) in [5, 5.41) is 10.9. The minimum atomic E-state index is 0.0379. The number of anilines is 4. The van der Waals surface area contributed by atoms with E-state index < -0.39 is 0 Å². The lowest BCUT2D eigenvalue weighted by molar-refractivity contribution is -0.139. The fraction of sp³-hybridized carbons (Fsp3) is 0.600. The standard InChI is InChI=1S/C25H37N9O/c1-5-23(35)34-16-25(17-34)6-8-33(9-7-25)24-27-20(26-21-14-19(18(2)3)29-30-21)15-22(28-24)32-12-10-31(4)11-13-32/h5,14-15,18H,1,6-13,16-17H2,2-4H3,(H2,26,27,28,29,30). The molecule has 188 valence electrons. The molecule has 0 bridgehead atoms. The van der Waals surface area contributed by atoms with Gasteiger partial charge in [-0.15, -0.1) is 0 Å². The van der Waals surface area contributed by atoms with Crippen molar-refractivity contribution < 1.29 is 4.79 Å². The van der Waals surface area contributed by atoms with E-state index >= 15 is 0 Å². The lowest BCUT2D eigenvalue weighted by Crippen LogP contribution is -2.61. The van der Waals surface area contributed by atoms with Gasteiger partial charge in [0.2, 0.25) is 11.9 Å². The summed E-state index contributed by atoms with van der Waals surface area (Å²) < 4.78 is 0. The number of nitrogens with one attached hydrogen (secondary N) is 2. The average Bonchev–Trinajstić information content (AvgIpc) is 3.31. The number of rotatable bonds is 6. The highest BCUT2D eigenvalue weighted by Crippen LogP contribution is 2.41. The number of hydrogen-bond donors (Lipinski definition) is 2. The Morgan fingerprint density at radius 1 is 1.06 bits per heavy atom. The van der Waals surface area contributed by atoms with Crippen LogP contribution in [0.3, 0.4) is 0 Å². The van der Waals surface area contributed by atoms with Crippen molar-refractivity contribution >= 4 is 29.3 Å². The van der Waals surface area contributed by atoms with Gasteiger partial charge in [0.05, 0.1) is 0 Å². The van der Waals surface area contributed by atoms with E-state index in [-0.39, 0.29) is 11.3 Å². The molecule has 3 aliphatic rings. The van der Waals surface area contributed by atoms with Gasteiger partial charge in [-0.05, 0) is 31.9 Å². The molecule has 1 amide bonds. The van der Waals surface area contributed by atoms with Crippen LogP contribution in [-0.4, -0.2) is 95.3 Å². The predicted molar refractivity (Wildman–Crippen MR) is 138 cm³/mol. The summed E-state index contributed by atoms with van der Waals surface area (Å²) in [6.07, 6.45) is 3.49. The second-order valence-electron chi connectivity index (χ2n) is 10.6. The minimum Gasteiger partial charge on any atom is -0.354 e. The number of piperidine rings is 1. The SMILES string of the molecule is C=CC(=O)N1CC2(CCN(c3nc(Nc4cc(C(C)C)[nH]n4)cc(N4CCN(C)CC4)n3)CC2)C1. The highest BCUT2D eigenvalue weighted by molar-refractivity contribution is 5.87. The molecule has 3 fully saturated rings. The van der Waals surface area contributed by atoms with Crippen LogP contribution in [0, 0.1) is 5.41 Å². The molecule has 0 saturated carbocycles. The molecule has 3 aliphatic heterocycles. The minimum absolute atomic E-state index is 0.0379. The molecule has 0 aromatic carbocycles. The lowest BCUT2D eigenvalue weighted by atomic mass is 9.72. The summed E-state index contributed by atoms with van der Waals surface area (Å²) in [7, 11) is 2.16. The molecule has 2 aromatic heterocycles. The summed E-state index contributed by atoms with van der Waals surface area (Å²) in [4.78, 5) is 30.7. The van der Waals surface area contributed by atoms with Gasteiger partial charge < -0.3 is 24.9 Å². The molecule has 10 nitrogen and oxygen atoms in total. The number of likely N-dealkylation sites (tertiary alicyclic amines) is 1. The van der Waals surface area contributed by atoms with Crippen molar-refractivity contribution in [1.82, 2.24) is 30.0 Å². The Kier molecular flexibility index (Phi) is 6.39. The highest BCUT2D eigenvalue weighted by atomic mass is 16.2. The van der Waals surface area contributed by atoms with Crippen molar-refractivity contribution in [3.63, 3.8) is 0 Å². The van der Waals surface area contributed by atoms with Gasteiger partial charge in [0.15, 0.2) is 5.82 Å². The maximum atomic E-state index is 11.9. The first-order valence-corrected chi connectivity index (χ1v) is 12.7. The summed E-state index contributed by atoms with van der Waals surface area (Å²) >= 11 is 0. The Bertz CT molecular complexity index is 1060. The molecule has 0 aliphatic carbocycles. The van der Waals surface area contributed by atoms with Crippen molar-refractivity contribution in [1.29, 1.82) is 0 Å². The van der Waals surface area contributed by atoms with Crippen LogP contribution in [0.15, 0.2) is 24.8 Å². The van der Waals surface area contributed by atoms with Crippen LogP contribution in [0.25, 0.3) is 0 Å². The monoisotopic (exact) mass is 479 g/mol. The third-order valence-electron chi connectivity index (χ3n) is 7.65. The van der Waals surface area contributed by atoms with E-state index in [1.54, 1.807) is 0 Å². The largest absolute Gasteiger partial charge is 0.354 e. The second-order valence-corrected chi connectivity index (χ2v) is 10.6. The Balaban J connectivity index is 1.33. The van der Waals surface area contributed by atoms with Gasteiger partial charge in [-0.25, -0.2) is 0 Å². The summed E-state index contributed by atoms with van der Waals surface area (Å²) in [6, 6.07) is 4.08. The zero-order chi connectivity index (χ0) is 24.6. The molecule has 10 heteroatoms. The number of hydrogen-bond acceptors (Lipinski definition) is 8. The lowest BCUT2D eigenvalue weighted by Gasteiger charge is -2.53. The number of likely N-dealkylation sites (N-methyl/N-ethyl adjacent to an activating group) is 1. The van der Waals surface area contributed by atoms with Gasteiger partial charge >= 0.3 is 0 Å². The van der Waals surface area contributed by atoms with Gasteiger partial charge in [0, 0.05) is 75.6 Å². The second kappa shape index (κ2) is 9.49. The third kappa shape index (κ3) is 4.98. The number of aromatic nitrogens is 4. The van der Waals surface area contributed by atoms with E-state index in [2.05, 4.69) is 57.7 Å². The van der Waals surface area contributed by atoms with Gasteiger partial charge in [0.1, 0.15) is 11.6 Å². The van der Waals surface area contributed by atoms with Crippen molar-refractivity contribution in [2.75, 3.05) is 74.5 Å². The summed E-state index contributed by atoms with van der Waals surface area (Å²) in [5.41, 5.74) is 1.32. The molecule has 5 rings (SSSR count). The number of aromatic amines is 1. The van der Waals surface area contributed by atoms with Gasteiger partial charge in [-0.3, -0.25) is 9.89 Å². The van der Waals surface area contributed by atoms with Gasteiger partial charge in [-0.2, -0.15) is 15.1 Å². The molecular weight excluding hydrogens is 442 g/mol. The van der Waals surface area contributed by atoms with Crippen LogP contribution in [0.5, 0.6) is 0 Å². The third-order valence-corrected chi connectivity index (χ3v) is 7.65.